The van der Waals surface area contributed by atoms with Gasteiger partial charge in [0.1, 0.15) is 34.7 Å². The minimum atomic E-state index is -1.09. The van der Waals surface area contributed by atoms with E-state index in [1.165, 1.54) is 38.6 Å². The summed E-state index contributed by atoms with van der Waals surface area (Å²) in [6.45, 7) is 0. The molecule has 0 radical (unpaired) electrons. The summed E-state index contributed by atoms with van der Waals surface area (Å²) in [6, 6.07) is 14.1. The lowest BCUT2D eigenvalue weighted by Crippen LogP contribution is -2.29. The van der Waals surface area contributed by atoms with Gasteiger partial charge in [-0.2, -0.15) is 0 Å². The minimum absolute atomic E-state index is 0.121. The predicted molar refractivity (Wildman–Crippen MR) is 115 cm³/mol. The monoisotopic (exact) mass is 434 g/mol. The van der Waals surface area contributed by atoms with Crippen molar-refractivity contribution in [3.05, 3.63) is 89.5 Å². The van der Waals surface area contributed by atoms with E-state index in [1.54, 1.807) is 36.4 Å². The molecule has 1 amide bonds. The van der Waals surface area contributed by atoms with Gasteiger partial charge in [-0.15, -0.1) is 0 Å². The molecule has 1 aliphatic heterocycles. The molecule has 32 heavy (non-hydrogen) atoms. The van der Waals surface area contributed by atoms with E-state index < -0.39 is 29.3 Å². The summed E-state index contributed by atoms with van der Waals surface area (Å²) >= 11 is 0. The molecule has 7 nitrogen and oxygen atoms in total. The highest BCUT2D eigenvalue weighted by Crippen LogP contribution is 2.44. The molecular weight excluding hydrogens is 415 g/mol. The van der Waals surface area contributed by atoms with Gasteiger partial charge in [0.05, 0.1) is 25.5 Å². The quantitative estimate of drug-likeness (QED) is 0.373. The van der Waals surface area contributed by atoms with Crippen LogP contribution in [0.25, 0.3) is 5.76 Å². The Morgan fingerprint density at radius 1 is 1.00 bits per heavy atom. The Bertz CT molecular complexity index is 1200. The molecule has 1 saturated heterocycles. The molecule has 8 heteroatoms. The van der Waals surface area contributed by atoms with Crippen LogP contribution in [0.1, 0.15) is 17.3 Å². The van der Waals surface area contributed by atoms with Gasteiger partial charge in [0.25, 0.3) is 11.7 Å². The van der Waals surface area contributed by atoms with Crippen molar-refractivity contribution in [1.29, 1.82) is 0 Å². The van der Waals surface area contributed by atoms with Crippen molar-refractivity contribution in [2.24, 2.45) is 0 Å². The largest absolute Gasteiger partial charge is 0.506 e. The molecule has 0 saturated carbocycles. The number of carbonyl (C=O) groups is 2. The standard InChI is InChI=1S/C24H19FN2O5/c1-31-17-10-6-11-18(32-2)19(17)22(28)20-21(16-9-3-4-12-26-16)27(24(30)23(20)29)15-8-5-7-14(25)13-15/h3-13,21,28H,1-2H3/b22-20+. The van der Waals surface area contributed by atoms with Crippen molar-refractivity contribution in [3.8, 4) is 11.5 Å². The van der Waals surface area contributed by atoms with E-state index >= 15 is 0 Å². The molecule has 1 atom stereocenters. The first kappa shape index (κ1) is 21.0. The fraction of sp³-hybridized carbons (Fsp3) is 0.125. The molecule has 1 unspecified atom stereocenters. The number of hydrogen-bond donors (Lipinski definition) is 1. The molecule has 3 aromatic rings. The molecule has 1 aliphatic rings. The van der Waals surface area contributed by atoms with Crippen LogP contribution in [0, 0.1) is 5.82 Å². The number of anilines is 1. The van der Waals surface area contributed by atoms with E-state index in [0.717, 1.165) is 11.0 Å². The summed E-state index contributed by atoms with van der Waals surface area (Å²) in [4.78, 5) is 31.7. The number of benzene rings is 2. The predicted octanol–water partition coefficient (Wildman–Crippen LogP) is 3.86. The van der Waals surface area contributed by atoms with Gasteiger partial charge in [-0.1, -0.05) is 18.2 Å². The summed E-state index contributed by atoms with van der Waals surface area (Å²) in [6.07, 6.45) is 1.50. The molecule has 1 aromatic heterocycles. The van der Waals surface area contributed by atoms with Gasteiger partial charge in [-0.05, 0) is 42.5 Å². The van der Waals surface area contributed by atoms with Gasteiger partial charge >= 0.3 is 0 Å². The van der Waals surface area contributed by atoms with Crippen LogP contribution >= 0.6 is 0 Å². The average molecular weight is 434 g/mol. The molecule has 1 fully saturated rings. The SMILES string of the molecule is COc1cccc(OC)c1/C(O)=C1\C(=O)C(=O)N(c2cccc(F)c2)C1c1ccccn1. The van der Waals surface area contributed by atoms with Gasteiger partial charge in [-0.3, -0.25) is 19.5 Å². The first-order chi connectivity index (χ1) is 15.5. The van der Waals surface area contributed by atoms with Crippen molar-refractivity contribution < 1.29 is 28.6 Å². The van der Waals surface area contributed by atoms with Gasteiger partial charge < -0.3 is 14.6 Å². The van der Waals surface area contributed by atoms with Crippen LogP contribution in [-0.4, -0.2) is 36.0 Å². The number of aliphatic hydroxyl groups excluding tert-OH is 1. The summed E-state index contributed by atoms with van der Waals surface area (Å²) in [5.74, 6) is -2.41. The van der Waals surface area contributed by atoms with Crippen LogP contribution < -0.4 is 14.4 Å². The lowest BCUT2D eigenvalue weighted by atomic mass is 9.97. The number of hydrogen-bond acceptors (Lipinski definition) is 6. The number of rotatable bonds is 5. The van der Waals surface area contributed by atoms with E-state index in [4.69, 9.17) is 9.47 Å². The van der Waals surface area contributed by atoms with Gasteiger partial charge in [0.15, 0.2) is 0 Å². The molecule has 0 aliphatic carbocycles. The lowest BCUT2D eigenvalue weighted by Gasteiger charge is -2.25. The average Bonchev–Trinajstić information content (AvgIpc) is 3.09. The Kier molecular flexibility index (Phi) is 5.59. The Hall–Kier alpha value is -4.20. The number of amides is 1. The highest BCUT2D eigenvalue weighted by molar-refractivity contribution is 6.51. The Morgan fingerprint density at radius 2 is 1.69 bits per heavy atom. The maximum absolute atomic E-state index is 14.0. The summed E-state index contributed by atoms with van der Waals surface area (Å²) in [5.41, 5.74) is 0.400. The summed E-state index contributed by atoms with van der Waals surface area (Å²) in [7, 11) is 2.82. The van der Waals surface area contributed by atoms with E-state index in [9.17, 15) is 19.1 Å². The maximum Gasteiger partial charge on any atom is 0.300 e. The smallest absolute Gasteiger partial charge is 0.300 e. The topological polar surface area (TPSA) is 89.0 Å². The third-order valence-corrected chi connectivity index (χ3v) is 5.16. The van der Waals surface area contributed by atoms with E-state index in [0.29, 0.717) is 5.69 Å². The van der Waals surface area contributed by atoms with E-state index in [1.807, 2.05) is 0 Å². The first-order valence-corrected chi connectivity index (χ1v) is 9.66. The van der Waals surface area contributed by atoms with Crippen molar-refractivity contribution in [3.63, 3.8) is 0 Å². The number of halogens is 1. The number of nitrogens with zero attached hydrogens (tertiary/aromatic N) is 2. The van der Waals surface area contributed by atoms with Crippen molar-refractivity contribution >= 4 is 23.1 Å². The first-order valence-electron chi connectivity index (χ1n) is 9.66. The van der Waals surface area contributed by atoms with Crippen LogP contribution in [0.5, 0.6) is 11.5 Å². The summed E-state index contributed by atoms with van der Waals surface area (Å²) < 4.78 is 24.7. The number of ketones is 1. The van der Waals surface area contributed by atoms with E-state index in [2.05, 4.69) is 4.98 Å². The number of pyridine rings is 1. The third-order valence-electron chi connectivity index (χ3n) is 5.16. The van der Waals surface area contributed by atoms with Crippen LogP contribution in [0.4, 0.5) is 10.1 Å². The number of methoxy groups -OCH3 is 2. The van der Waals surface area contributed by atoms with Crippen LogP contribution in [0.15, 0.2) is 72.4 Å². The molecule has 2 heterocycles. The second-order valence-electron chi connectivity index (χ2n) is 6.94. The zero-order chi connectivity index (χ0) is 22.8. The second kappa shape index (κ2) is 8.50. The number of carbonyl (C=O) groups excluding carboxylic acids is 2. The number of aromatic nitrogens is 1. The van der Waals surface area contributed by atoms with Gasteiger partial charge in [-0.25, -0.2) is 4.39 Å². The number of aliphatic hydroxyl groups is 1. The normalized spacial score (nSPS) is 17.5. The molecule has 1 N–H and O–H groups in total. The molecule has 162 valence electrons. The van der Waals surface area contributed by atoms with Crippen molar-refractivity contribution in [2.75, 3.05) is 19.1 Å². The van der Waals surface area contributed by atoms with Crippen LogP contribution in [0.2, 0.25) is 0 Å². The van der Waals surface area contributed by atoms with Crippen LogP contribution in [-0.2, 0) is 9.59 Å². The Balaban J connectivity index is 2.01. The fourth-order valence-electron chi connectivity index (χ4n) is 3.76. The van der Waals surface area contributed by atoms with Crippen molar-refractivity contribution in [2.45, 2.75) is 6.04 Å². The minimum Gasteiger partial charge on any atom is -0.506 e. The zero-order valence-electron chi connectivity index (χ0n) is 17.3. The second-order valence-corrected chi connectivity index (χ2v) is 6.94. The van der Waals surface area contributed by atoms with Crippen molar-refractivity contribution in [1.82, 2.24) is 4.98 Å². The molecule has 0 spiro atoms. The summed E-state index contributed by atoms with van der Waals surface area (Å²) in [5, 5.41) is 11.3. The van der Waals surface area contributed by atoms with E-state index in [-0.39, 0.29) is 28.3 Å². The highest BCUT2D eigenvalue weighted by Gasteiger charge is 2.48. The number of Topliss-reactive ketones (excluding diaryl/α,β-unsaturated/α-hetero) is 1. The third kappa shape index (κ3) is 3.45. The Morgan fingerprint density at radius 3 is 2.28 bits per heavy atom. The lowest BCUT2D eigenvalue weighted by molar-refractivity contribution is -0.132. The van der Waals surface area contributed by atoms with Gasteiger partial charge in [0, 0.05) is 11.9 Å². The van der Waals surface area contributed by atoms with Gasteiger partial charge in [0.2, 0.25) is 0 Å². The zero-order valence-corrected chi connectivity index (χ0v) is 17.3. The highest BCUT2D eigenvalue weighted by atomic mass is 19.1. The molecule has 4 rings (SSSR count). The van der Waals surface area contributed by atoms with Crippen LogP contribution in [0.3, 0.4) is 0 Å². The molecular formula is C24H19FN2O5. The fourth-order valence-corrected chi connectivity index (χ4v) is 3.76. The Labute approximate surface area is 183 Å². The molecule has 2 aromatic carbocycles. The number of ether oxygens (including phenoxy) is 2. The maximum atomic E-state index is 14.0. The molecule has 0 bridgehead atoms.